The first-order valence-electron chi connectivity index (χ1n) is 7.45. The molecule has 1 fully saturated rings. The minimum Gasteiger partial charge on any atom is -0.493 e. The molecule has 0 aliphatic carbocycles. The maximum atomic E-state index is 12.6. The summed E-state index contributed by atoms with van der Waals surface area (Å²) in [6.45, 7) is 1.82. The molecule has 1 aliphatic rings. The lowest BCUT2D eigenvalue weighted by molar-refractivity contribution is -0.0515. The number of methoxy groups -OCH3 is 1. The minimum atomic E-state index is -3.03. The van der Waals surface area contributed by atoms with Crippen LogP contribution in [0.5, 0.6) is 11.5 Å². The Hall–Kier alpha value is -1.64. The van der Waals surface area contributed by atoms with Gasteiger partial charge in [0.25, 0.3) is 5.91 Å². The zero-order valence-corrected chi connectivity index (χ0v) is 14.2. The average Bonchev–Trinajstić information content (AvgIpc) is 2.55. The third kappa shape index (κ3) is 5.77. The van der Waals surface area contributed by atoms with Crippen LogP contribution in [0.3, 0.4) is 0 Å². The summed E-state index contributed by atoms with van der Waals surface area (Å²) in [4.78, 5) is 14.5. The standard InChI is InChI=1S/C15H21F2N3O3.ClH/c1-22-12-4-2-3-11(13(12)23-15(16)17)14(21)19-7-10-20-8-5-18-6-9-20;/h2-4,15,18H,5-10H2,1H3,(H,19,21);1H. The number of carbonyl (C=O) groups is 1. The van der Waals surface area contributed by atoms with E-state index >= 15 is 0 Å². The maximum absolute atomic E-state index is 12.6. The van der Waals surface area contributed by atoms with Crippen molar-refractivity contribution in [3.8, 4) is 11.5 Å². The second kappa shape index (κ2) is 10.3. The van der Waals surface area contributed by atoms with Crippen LogP contribution >= 0.6 is 12.4 Å². The lowest BCUT2D eigenvalue weighted by Gasteiger charge is -2.27. The number of piperazine rings is 1. The van der Waals surface area contributed by atoms with E-state index in [1.54, 1.807) is 6.07 Å². The predicted molar refractivity (Wildman–Crippen MR) is 88.5 cm³/mol. The highest BCUT2D eigenvalue weighted by Crippen LogP contribution is 2.32. The topological polar surface area (TPSA) is 62.8 Å². The van der Waals surface area contributed by atoms with E-state index in [1.165, 1.54) is 19.2 Å². The van der Waals surface area contributed by atoms with Crippen molar-refractivity contribution in [2.75, 3.05) is 46.4 Å². The number of para-hydroxylation sites is 1. The Morgan fingerprint density at radius 3 is 2.71 bits per heavy atom. The number of amides is 1. The van der Waals surface area contributed by atoms with Gasteiger partial charge in [-0.3, -0.25) is 9.69 Å². The van der Waals surface area contributed by atoms with Crippen LogP contribution in [-0.2, 0) is 0 Å². The normalized spacial score (nSPS) is 14.8. The van der Waals surface area contributed by atoms with Gasteiger partial charge in [0, 0.05) is 39.3 Å². The van der Waals surface area contributed by atoms with Crippen LogP contribution in [-0.4, -0.2) is 63.8 Å². The molecule has 0 aromatic heterocycles. The molecule has 0 unspecified atom stereocenters. The molecule has 1 heterocycles. The van der Waals surface area contributed by atoms with Gasteiger partial charge in [-0.05, 0) is 12.1 Å². The summed E-state index contributed by atoms with van der Waals surface area (Å²) < 4.78 is 34.5. The molecular formula is C15H22ClF2N3O3. The first kappa shape index (κ1) is 20.4. The van der Waals surface area contributed by atoms with Crippen molar-refractivity contribution in [3.05, 3.63) is 23.8 Å². The van der Waals surface area contributed by atoms with E-state index in [0.717, 1.165) is 26.2 Å². The highest BCUT2D eigenvalue weighted by molar-refractivity contribution is 5.97. The quantitative estimate of drug-likeness (QED) is 0.764. The molecule has 0 saturated carbocycles. The highest BCUT2D eigenvalue weighted by atomic mass is 35.5. The molecule has 0 atom stereocenters. The van der Waals surface area contributed by atoms with E-state index in [1.807, 2.05) is 0 Å². The van der Waals surface area contributed by atoms with E-state index in [0.29, 0.717) is 13.1 Å². The number of hydrogen-bond donors (Lipinski definition) is 2. The van der Waals surface area contributed by atoms with Crippen molar-refractivity contribution in [1.82, 2.24) is 15.5 Å². The Balaban J connectivity index is 0.00000288. The molecule has 1 saturated heterocycles. The van der Waals surface area contributed by atoms with Crippen LogP contribution in [0.1, 0.15) is 10.4 Å². The summed E-state index contributed by atoms with van der Waals surface area (Å²) in [6.07, 6.45) is 0. The first-order valence-corrected chi connectivity index (χ1v) is 7.45. The average molecular weight is 366 g/mol. The van der Waals surface area contributed by atoms with E-state index < -0.39 is 12.5 Å². The van der Waals surface area contributed by atoms with E-state index in [4.69, 9.17) is 4.74 Å². The van der Waals surface area contributed by atoms with Crippen LogP contribution in [0.25, 0.3) is 0 Å². The summed E-state index contributed by atoms with van der Waals surface area (Å²) in [6, 6.07) is 4.46. The molecule has 1 amide bonds. The Labute approximate surface area is 145 Å². The zero-order chi connectivity index (χ0) is 16.7. The van der Waals surface area contributed by atoms with Crippen molar-refractivity contribution in [1.29, 1.82) is 0 Å². The van der Waals surface area contributed by atoms with Crippen LogP contribution in [0.15, 0.2) is 18.2 Å². The van der Waals surface area contributed by atoms with E-state index in [2.05, 4.69) is 20.3 Å². The van der Waals surface area contributed by atoms with Gasteiger partial charge in [-0.2, -0.15) is 8.78 Å². The van der Waals surface area contributed by atoms with Crippen molar-refractivity contribution >= 4 is 18.3 Å². The van der Waals surface area contributed by atoms with Gasteiger partial charge in [-0.1, -0.05) is 6.07 Å². The van der Waals surface area contributed by atoms with Gasteiger partial charge >= 0.3 is 6.61 Å². The number of benzene rings is 1. The van der Waals surface area contributed by atoms with Gasteiger partial charge in [-0.25, -0.2) is 0 Å². The summed E-state index contributed by atoms with van der Waals surface area (Å²) in [7, 11) is 1.33. The third-order valence-electron chi connectivity index (χ3n) is 3.57. The molecule has 0 radical (unpaired) electrons. The van der Waals surface area contributed by atoms with Crippen molar-refractivity contribution in [3.63, 3.8) is 0 Å². The van der Waals surface area contributed by atoms with E-state index in [-0.39, 0.29) is 29.5 Å². The van der Waals surface area contributed by atoms with Crippen LogP contribution in [0.2, 0.25) is 0 Å². The molecule has 2 rings (SSSR count). The van der Waals surface area contributed by atoms with Gasteiger partial charge in [0.15, 0.2) is 11.5 Å². The summed E-state index contributed by atoms with van der Waals surface area (Å²) in [5.74, 6) is -0.612. The molecule has 136 valence electrons. The summed E-state index contributed by atoms with van der Waals surface area (Å²) >= 11 is 0. The predicted octanol–water partition coefficient (Wildman–Crippen LogP) is 1.35. The monoisotopic (exact) mass is 365 g/mol. The Bertz CT molecular complexity index is 529. The number of rotatable bonds is 7. The molecule has 1 aliphatic heterocycles. The fourth-order valence-corrected chi connectivity index (χ4v) is 2.42. The molecule has 24 heavy (non-hydrogen) atoms. The Morgan fingerprint density at radius 2 is 2.08 bits per heavy atom. The van der Waals surface area contributed by atoms with Crippen LogP contribution < -0.4 is 20.1 Å². The Kier molecular flexibility index (Phi) is 8.73. The second-order valence-electron chi connectivity index (χ2n) is 5.06. The lowest BCUT2D eigenvalue weighted by Crippen LogP contribution is -2.46. The van der Waals surface area contributed by atoms with Crippen molar-refractivity contribution < 1.29 is 23.0 Å². The molecule has 9 heteroatoms. The highest BCUT2D eigenvalue weighted by Gasteiger charge is 2.20. The molecule has 0 spiro atoms. The fourth-order valence-electron chi connectivity index (χ4n) is 2.42. The SMILES string of the molecule is COc1cccc(C(=O)NCCN2CCNCC2)c1OC(F)F.Cl. The van der Waals surface area contributed by atoms with Gasteiger partial charge in [0.2, 0.25) is 0 Å². The van der Waals surface area contributed by atoms with Gasteiger partial charge in [-0.15, -0.1) is 12.4 Å². The van der Waals surface area contributed by atoms with Gasteiger partial charge < -0.3 is 20.1 Å². The molecule has 1 aromatic carbocycles. The summed E-state index contributed by atoms with van der Waals surface area (Å²) in [5.41, 5.74) is 0.0324. The molecule has 2 N–H and O–H groups in total. The largest absolute Gasteiger partial charge is 0.493 e. The van der Waals surface area contributed by atoms with Crippen LogP contribution in [0.4, 0.5) is 8.78 Å². The molecule has 1 aromatic rings. The number of carbonyl (C=O) groups excluding carboxylic acids is 1. The number of ether oxygens (including phenoxy) is 2. The molecular weight excluding hydrogens is 344 g/mol. The number of halogens is 3. The van der Waals surface area contributed by atoms with Crippen molar-refractivity contribution in [2.45, 2.75) is 6.61 Å². The minimum absolute atomic E-state index is 0. The van der Waals surface area contributed by atoms with E-state index in [9.17, 15) is 13.6 Å². The third-order valence-corrected chi connectivity index (χ3v) is 3.57. The van der Waals surface area contributed by atoms with Gasteiger partial charge in [0.1, 0.15) is 0 Å². The first-order chi connectivity index (χ1) is 11.1. The molecule has 0 bridgehead atoms. The summed E-state index contributed by atoms with van der Waals surface area (Å²) in [5, 5.41) is 5.98. The number of hydrogen-bond acceptors (Lipinski definition) is 5. The smallest absolute Gasteiger partial charge is 0.387 e. The number of nitrogens with one attached hydrogen (secondary N) is 2. The van der Waals surface area contributed by atoms with Crippen LogP contribution in [0, 0.1) is 0 Å². The zero-order valence-electron chi connectivity index (χ0n) is 13.4. The van der Waals surface area contributed by atoms with Crippen molar-refractivity contribution in [2.24, 2.45) is 0 Å². The lowest BCUT2D eigenvalue weighted by atomic mass is 10.1. The second-order valence-corrected chi connectivity index (χ2v) is 5.06. The fraction of sp³-hybridized carbons (Fsp3) is 0.533. The number of alkyl halides is 2. The Morgan fingerprint density at radius 1 is 1.38 bits per heavy atom. The van der Waals surface area contributed by atoms with Gasteiger partial charge in [0.05, 0.1) is 12.7 Å². The maximum Gasteiger partial charge on any atom is 0.387 e. The molecule has 6 nitrogen and oxygen atoms in total. The number of nitrogens with zero attached hydrogens (tertiary/aromatic N) is 1.